The quantitative estimate of drug-likeness (QED) is 0.913. The summed E-state index contributed by atoms with van der Waals surface area (Å²) in [5.41, 5.74) is -1.61. The summed E-state index contributed by atoms with van der Waals surface area (Å²) >= 11 is 0. The molecule has 2 aromatic rings. The van der Waals surface area contributed by atoms with Crippen molar-refractivity contribution in [2.24, 2.45) is 0 Å². The fraction of sp³-hybridized carbons (Fsp3) is 0.333. The Bertz CT molecular complexity index is 772. The molecule has 1 heterocycles. The van der Waals surface area contributed by atoms with Gasteiger partial charge in [-0.3, -0.25) is 0 Å². The molecule has 0 spiro atoms. The Kier molecular flexibility index (Phi) is 3.16. The second-order valence-corrected chi connectivity index (χ2v) is 6.64. The number of nitrogens with one attached hydrogen (secondary N) is 1. The fourth-order valence-corrected chi connectivity index (χ4v) is 3.21. The van der Waals surface area contributed by atoms with Crippen LogP contribution in [0.4, 0.5) is 14.7 Å². The number of halogens is 2. The first-order chi connectivity index (χ1) is 9.87. The molecule has 0 aliphatic heterocycles. The zero-order valence-corrected chi connectivity index (χ0v) is 11.5. The number of sulfonamides is 1. The van der Waals surface area contributed by atoms with Gasteiger partial charge in [-0.2, -0.15) is 4.98 Å². The monoisotopic (exact) mass is 315 g/mol. The lowest BCUT2D eigenvalue weighted by Gasteiger charge is -2.05. The van der Waals surface area contributed by atoms with E-state index in [1.807, 2.05) is 4.72 Å². The molecule has 0 atom stereocenters. The Morgan fingerprint density at radius 2 is 2.05 bits per heavy atom. The molecule has 6 nitrogen and oxygen atoms in total. The van der Waals surface area contributed by atoms with Crippen molar-refractivity contribution >= 4 is 16.0 Å². The van der Waals surface area contributed by atoms with Gasteiger partial charge in [0.1, 0.15) is 17.2 Å². The van der Waals surface area contributed by atoms with Gasteiger partial charge in [0.05, 0.1) is 5.56 Å². The van der Waals surface area contributed by atoms with Gasteiger partial charge in [-0.1, -0.05) is 12.1 Å². The van der Waals surface area contributed by atoms with E-state index in [2.05, 4.69) is 10.1 Å². The number of anilines is 1. The van der Waals surface area contributed by atoms with Crippen molar-refractivity contribution < 1.29 is 21.7 Å². The van der Waals surface area contributed by atoms with E-state index >= 15 is 0 Å². The highest BCUT2D eigenvalue weighted by atomic mass is 32.2. The van der Waals surface area contributed by atoms with Gasteiger partial charge >= 0.3 is 0 Å². The van der Waals surface area contributed by atoms with Crippen molar-refractivity contribution in [3.8, 4) is 11.5 Å². The van der Waals surface area contributed by atoms with E-state index in [1.165, 1.54) is 18.2 Å². The molecule has 1 aromatic heterocycles. The molecule has 1 aromatic carbocycles. The Labute approximate surface area is 119 Å². The Morgan fingerprint density at radius 1 is 1.33 bits per heavy atom. The summed E-state index contributed by atoms with van der Waals surface area (Å²) < 4.78 is 57.3. The van der Waals surface area contributed by atoms with Crippen LogP contribution in [0.5, 0.6) is 0 Å². The molecule has 1 aliphatic rings. The van der Waals surface area contributed by atoms with Crippen LogP contribution in [-0.2, 0) is 10.0 Å². The van der Waals surface area contributed by atoms with Gasteiger partial charge in [-0.15, -0.1) is 0 Å². The summed E-state index contributed by atoms with van der Waals surface area (Å²) in [5.74, 6) is -1.73. The van der Waals surface area contributed by atoms with Crippen molar-refractivity contribution in [2.45, 2.75) is 18.5 Å². The zero-order valence-electron chi connectivity index (χ0n) is 10.7. The van der Waals surface area contributed by atoms with Crippen LogP contribution in [0.15, 0.2) is 28.8 Å². The largest absolute Gasteiger partial charge is 0.332 e. The normalized spacial score (nSPS) is 16.7. The molecule has 3 rings (SSSR count). The molecule has 112 valence electrons. The summed E-state index contributed by atoms with van der Waals surface area (Å²) in [6.07, 6.45) is 0.446. The second-order valence-electron chi connectivity index (χ2n) is 4.92. The number of hydrogen-bond acceptors (Lipinski definition) is 5. The van der Waals surface area contributed by atoms with Gasteiger partial charge in [-0.05, 0) is 30.1 Å². The molecule has 1 saturated carbocycles. The number of benzene rings is 1. The molecule has 1 N–H and O–H groups in total. The summed E-state index contributed by atoms with van der Waals surface area (Å²) in [5, 5.41) is 3.40. The standard InChI is InChI=1S/C12H11F2N3O3S/c13-9-4-2-1-3-8(9)10-15-11(16-20-10)17-21(18,19)7-12(14)5-6-12/h1-4H,5-7H2,(H,16,17). The molecule has 0 saturated heterocycles. The maximum Gasteiger partial charge on any atom is 0.277 e. The molecule has 0 amide bonds. The van der Waals surface area contributed by atoms with Crippen molar-refractivity contribution in [1.82, 2.24) is 10.1 Å². The van der Waals surface area contributed by atoms with Crippen LogP contribution >= 0.6 is 0 Å². The number of alkyl halides is 1. The van der Waals surface area contributed by atoms with Gasteiger partial charge < -0.3 is 4.52 Å². The average Bonchev–Trinajstić information content (AvgIpc) is 2.93. The van der Waals surface area contributed by atoms with Crippen LogP contribution in [0.3, 0.4) is 0 Å². The third-order valence-electron chi connectivity index (χ3n) is 3.02. The SMILES string of the molecule is O=S(=O)(CC1(F)CC1)Nc1noc(-c2ccccc2F)n1. The van der Waals surface area contributed by atoms with E-state index in [4.69, 9.17) is 4.52 Å². The smallest absolute Gasteiger partial charge is 0.277 e. The van der Waals surface area contributed by atoms with Crippen LogP contribution in [-0.4, -0.2) is 30.0 Å². The van der Waals surface area contributed by atoms with Gasteiger partial charge in [0.2, 0.25) is 10.0 Å². The minimum atomic E-state index is -3.91. The third-order valence-corrected chi connectivity index (χ3v) is 4.41. The first-order valence-electron chi connectivity index (χ1n) is 6.15. The molecular formula is C12H11F2N3O3S. The van der Waals surface area contributed by atoms with Gasteiger partial charge in [0.15, 0.2) is 0 Å². The van der Waals surface area contributed by atoms with Crippen LogP contribution < -0.4 is 4.72 Å². The summed E-state index contributed by atoms with van der Waals surface area (Å²) in [7, 11) is -3.91. The predicted molar refractivity (Wildman–Crippen MR) is 70.2 cm³/mol. The van der Waals surface area contributed by atoms with Gasteiger partial charge in [-0.25, -0.2) is 21.9 Å². The lowest BCUT2D eigenvalue weighted by Crippen LogP contribution is -2.25. The number of rotatable bonds is 5. The van der Waals surface area contributed by atoms with Crippen LogP contribution in [0, 0.1) is 5.82 Å². The predicted octanol–water partition coefficient (Wildman–Crippen LogP) is 2.12. The first-order valence-corrected chi connectivity index (χ1v) is 7.80. The van der Waals surface area contributed by atoms with Crippen molar-refractivity contribution in [3.63, 3.8) is 0 Å². The second kappa shape index (κ2) is 4.76. The lowest BCUT2D eigenvalue weighted by molar-refractivity contribution is 0.341. The summed E-state index contributed by atoms with van der Waals surface area (Å²) in [6, 6.07) is 5.70. The summed E-state index contributed by atoms with van der Waals surface area (Å²) in [6.45, 7) is 0. The summed E-state index contributed by atoms with van der Waals surface area (Å²) in [4.78, 5) is 3.75. The Balaban J connectivity index is 1.78. The van der Waals surface area contributed by atoms with E-state index in [0.717, 1.165) is 0 Å². The van der Waals surface area contributed by atoms with E-state index in [9.17, 15) is 17.2 Å². The molecule has 1 fully saturated rings. The van der Waals surface area contributed by atoms with Crippen LogP contribution in [0.1, 0.15) is 12.8 Å². The minimum Gasteiger partial charge on any atom is -0.332 e. The molecule has 0 bridgehead atoms. The third kappa shape index (κ3) is 3.18. The maximum atomic E-state index is 13.5. The highest BCUT2D eigenvalue weighted by Gasteiger charge is 2.47. The topological polar surface area (TPSA) is 85.1 Å². The molecule has 0 unspecified atom stereocenters. The molecule has 9 heteroatoms. The minimum absolute atomic E-state index is 0.0552. The number of aromatic nitrogens is 2. The number of hydrogen-bond donors (Lipinski definition) is 1. The molecule has 0 radical (unpaired) electrons. The molecular weight excluding hydrogens is 304 g/mol. The maximum absolute atomic E-state index is 13.5. The van der Waals surface area contributed by atoms with Crippen LogP contribution in [0.25, 0.3) is 11.5 Å². The van der Waals surface area contributed by atoms with E-state index in [0.29, 0.717) is 0 Å². The van der Waals surface area contributed by atoms with Gasteiger partial charge in [0, 0.05) is 0 Å². The van der Waals surface area contributed by atoms with Crippen molar-refractivity contribution in [3.05, 3.63) is 30.1 Å². The Morgan fingerprint density at radius 3 is 2.71 bits per heavy atom. The molecule has 21 heavy (non-hydrogen) atoms. The fourth-order valence-electron chi connectivity index (χ4n) is 1.80. The first kappa shape index (κ1) is 13.9. The number of nitrogens with zero attached hydrogens (tertiary/aromatic N) is 2. The van der Waals surface area contributed by atoms with Crippen LogP contribution in [0.2, 0.25) is 0 Å². The van der Waals surface area contributed by atoms with E-state index in [-0.39, 0.29) is 30.2 Å². The Hall–Kier alpha value is -2.03. The highest BCUT2D eigenvalue weighted by molar-refractivity contribution is 7.92. The van der Waals surface area contributed by atoms with E-state index in [1.54, 1.807) is 6.07 Å². The van der Waals surface area contributed by atoms with Crippen molar-refractivity contribution in [1.29, 1.82) is 0 Å². The van der Waals surface area contributed by atoms with Crippen molar-refractivity contribution in [2.75, 3.05) is 10.5 Å². The molecule has 1 aliphatic carbocycles. The zero-order chi connectivity index (χ0) is 15.1. The average molecular weight is 315 g/mol. The lowest BCUT2D eigenvalue weighted by atomic mass is 10.2. The van der Waals surface area contributed by atoms with Gasteiger partial charge in [0.25, 0.3) is 11.8 Å². The highest BCUT2D eigenvalue weighted by Crippen LogP contribution is 2.40. The van der Waals surface area contributed by atoms with E-state index < -0.39 is 27.3 Å².